The number of nitrogens with one attached hydrogen (secondary N) is 1. The summed E-state index contributed by atoms with van der Waals surface area (Å²) >= 11 is 0. The van der Waals surface area contributed by atoms with Crippen molar-refractivity contribution in [3.63, 3.8) is 0 Å². The molecular formula is C14H22N2O. The van der Waals surface area contributed by atoms with Gasteiger partial charge >= 0.3 is 0 Å². The van der Waals surface area contributed by atoms with Crippen LogP contribution in [0.3, 0.4) is 0 Å². The summed E-state index contributed by atoms with van der Waals surface area (Å²) in [6.45, 7) is 3.12. The second-order valence-electron chi connectivity index (χ2n) is 4.89. The zero-order valence-electron chi connectivity index (χ0n) is 10.8. The monoisotopic (exact) mass is 234 g/mol. The molecule has 3 nitrogen and oxygen atoms in total. The third-order valence-corrected chi connectivity index (χ3v) is 3.70. The van der Waals surface area contributed by atoms with Crippen LogP contribution in [-0.2, 0) is 6.54 Å². The van der Waals surface area contributed by atoms with Crippen LogP contribution in [0.4, 0.5) is 0 Å². The Morgan fingerprint density at radius 1 is 1.41 bits per heavy atom. The quantitative estimate of drug-likeness (QED) is 0.850. The second kappa shape index (κ2) is 6.01. The zero-order valence-corrected chi connectivity index (χ0v) is 10.8. The molecule has 1 aromatic heterocycles. The third kappa shape index (κ3) is 3.43. The van der Waals surface area contributed by atoms with Crippen molar-refractivity contribution in [2.45, 2.75) is 45.2 Å². The van der Waals surface area contributed by atoms with Crippen LogP contribution < -0.4 is 10.1 Å². The molecular weight excluding hydrogens is 212 g/mol. The van der Waals surface area contributed by atoms with Crippen LogP contribution in [0.15, 0.2) is 18.2 Å². The molecule has 1 aromatic rings. The molecule has 1 aliphatic rings. The van der Waals surface area contributed by atoms with Crippen LogP contribution >= 0.6 is 0 Å². The summed E-state index contributed by atoms with van der Waals surface area (Å²) in [7, 11) is 1.65. The molecule has 0 aliphatic heterocycles. The Kier molecular flexibility index (Phi) is 4.37. The van der Waals surface area contributed by atoms with E-state index in [2.05, 4.69) is 17.2 Å². The van der Waals surface area contributed by atoms with E-state index < -0.39 is 0 Å². The molecule has 2 rings (SSSR count). The lowest BCUT2D eigenvalue weighted by Gasteiger charge is -2.20. The summed E-state index contributed by atoms with van der Waals surface area (Å²) in [5.41, 5.74) is 1.05. The van der Waals surface area contributed by atoms with E-state index in [0.29, 0.717) is 11.9 Å². The van der Waals surface area contributed by atoms with E-state index in [1.54, 1.807) is 7.11 Å². The first-order valence-electron chi connectivity index (χ1n) is 6.53. The van der Waals surface area contributed by atoms with Gasteiger partial charge in [-0.05, 0) is 31.7 Å². The average molecular weight is 234 g/mol. The Morgan fingerprint density at radius 2 is 2.18 bits per heavy atom. The van der Waals surface area contributed by atoms with Gasteiger partial charge in [0, 0.05) is 18.7 Å². The summed E-state index contributed by atoms with van der Waals surface area (Å²) in [6, 6.07) is 6.50. The van der Waals surface area contributed by atoms with Gasteiger partial charge in [-0.1, -0.05) is 18.9 Å². The number of nitrogens with zero attached hydrogens (tertiary/aromatic N) is 1. The van der Waals surface area contributed by atoms with E-state index in [-0.39, 0.29) is 0 Å². The Balaban J connectivity index is 1.83. The highest BCUT2D eigenvalue weighted by Crippen LogP contribution is 2.27. The fourth-order valence-electron chi connectivity index (χ4n) is 2.56. The minimum atomic E-state index is 0.588. The Morgan fingerprint density at radius 3 is 2.88 bits per heavy atom. The molecule has 17 heavy (non-hydrogen) atoms. The number of aromatic nitrogens is 1. The van der Waals surface area contributed by atoms with E-state index in [4.69, 9.17) is 4.74 Å². The molecule has 1 N–H and O–H groups in total. The van der Waals surface area contributed by atoms with Gasteiger partial charge in [0.1, 0.15) is 0 Å². The molecule has 94 valence electrons. The van der Waals surface area contributed by atoms with Gasteiger partial charge in [-0.2, -0.15) is 0 Å². The Bertz CT molecular complexity index is 348. The van der Waals surface area contributed by atoms with Crippen LogP contribution in [0.5, 0.6) is 5.88 Å². The van der Waals surface area contributed by atoms with Crippen molar-refractivity contribution in [1.29, 1.82) is 0 Å². The van der Waals surface area contributed by atoms with Gasteiger partial charge in [0.05, 0.1) is 12.8 Å². The van der Waals surface area contributed by atoms with Crippen molar-refractivity contribution < 1.29 is 4.74 Å². The van der Waals surface area contributed by atoms with Crippen molar-refractivity contribution in [3.8, 4) is 5.88 Å². The van der Waals surface area contributed by atoms with Gasteiger partial charge in [-0.3, -0.25) is 0 Å². The lowest BCUT2D eigenvalue weighted by atomic mass is 10.00. The molecule has 0 spiro atoms. The SMILES string of the molecule is COc1cccc(CN[C@@H](C)C2CCCC2)n1. The van der Waals surface area contributed by atoms with Gasteiger partial charge < -0.3 is 10.1 Å². The highest BCUT2D eigenvalue weighted by atomic mass is 16.5. The van der Waals surface area contributed by atoms with Crippen LogP contribution in [-0.4, -0.2) is 18.1 Å². The first-order valence-corrected chi connectivity index (χ1v) is 6.53. The first-order chi connectivity index (χ1) is 8.29. The number of hydrogen-bond acceptors (Lipinski definition) is 3. The van der Waals surface area contributed by atoms with Crippen molar-refractivity contribution in [2.24, 2.45) is 5.92 Å². The summed E-state index contributed by atoms with van der Waals surface area (Å²) in [5.74, 6) is 1.54. The minimum Gasteiger partial charge on any atom is -0.481 e. The Labute approximate surface area is 104 Å². The molecule has 1 aliphatic carbocycles. The van der Waals surface area contributed by atoms with Crippen molar-refractivity contribution in [2.75, 3.05) is 7.11 Å². The Hall–Kier alpha value is -1.09. The molecule has 0 unspecified atom stereocenters. The maximum absolute atomic E-state index is 5.12. The highest BCUT2D eigenvalue weighted by molar-refractivity contribution is 5.15. The van der Waals surface area contributed by atoms with E-state index >= 15 is 0 Å². The predicted molar refractivity (Wildman–Crippen MR) is 69.0 cm³/mol. The number of rotatable bonds is 5. The molecule has 1 heterocycles. The number of pyridine rings is 1. The van der Waals surface area contributed by atoms with E-state index in [1.807, 2.05) is 18.2 Å². The molecule has 1 saturated carbocycles. The van der Waals surface area contributed by atoms with Crippen LogP contribution in [0, 0.1) is 5.92 Å². The summed E-state index contributed by atoms with van der Waals surface area (Å²) in [4.78, 5) is 4.41. The molecule has 0 saturated heterocycles. The fourth-order valence-corrected chi connectivity index (χ4v) is 2.56. The molecule has 1 fully saturated rings. The fraction of sp³-hybridized carbons (Fsp3) is 0.643. The summed E-state index contributed by atoms with van der Waals surface area (Å²) in [6.07, 6.45) is 5.54. The molecule has 1 atom stereocenters. The molecule has 0 radical (unpaired) electrons. The largest absolute Gasteiger partial charge is 0.481 e. The second-order valence-corrected chi connectivity index (χ2v) is 4.89. The van der Waals surface area contributed by atoms with Crippen molar-refractivity contribution >= 4 is 0 Å². The molecule has 0 bridgehead atoms. The van der Waals surface area contributed by atoms with Gasteiger partial charge in [0.15, 0.2) is 0 Å². The van der Waals surface area contributed by atoms with Gasteiger partial charge in [0.25, 0.3) is 0 Å². The third-order valence-electron chi connectivity index (χ3n) is 3.70. The van der Waals surface area contributed by atoms with E-state index in [9.17, 15) is 0 Å². The van der Waals surface area contributed by atoms with Crippen LogP contribution in [0.1, 0.15) is 38.3 Å². The summed E-state index contributed by atoms with van der Waals surface area (Å²) in [5, 5.41) is 3.57. The molecule has 0 aromatic carbocycles. The van der Waals surface area contributed by atoms with Crippen molar-refractivity contribution in [1.82, 2.24) is 10.3 Å². The summed E-state index contributed by atoms with van der Waals surface area (Å²) < 4.78 is 5.12. The van der Waals surface area contributed by atoms with Gasteiger partial charge in [-0.25, -0.2) is 4.98 Å². The highest BCUT2D eigenvalue weighted by Gasteiger charge is 2.20. The van der Waals surface area contributed by atoms with E-state index in [1.165, 1.54) is 25.7 Å². The smallest absolute Gasteiger partial charge is 0.213 e. The van der Waals surface area contributed by atoms with Gasteiger partial charge in [0.2, 0.25) is 5.88 Å². The van der Waals surface area contributed by atoms with Gasteiger partial charge in [-0.15, -0.1) is 0 Å². The van der Waals surface area contributed by atoms with Crippen LogP contribution in [0.25, 0.3) is 0 Å². The number of methoxy groups -OCH3 is 1. The standard InChI is InChI=1S/C14H22N2O/c1-11(12-6-3-4-7-12)15-10-13-8-5-9-14(16-13)17-2/h5,8-9,11-12,15H,3-4,6-7,10H2,1-2H3/t11-/m0/s1. The average Bonchev–Trinajstić information content (AvgIpc) is 2.90. The van der Waals surface area contributed by atoms with E-state index in [0.717, 1.165) is 18.2 Å². The zero-order chi connectivity index (χ0) is 12.1. The lowest BCUT2D eigenvalue weighted by Crippen LogP contribution is -2.32. The number of hydrogen-bond donors (Lipinski definition) is 1. The number of ether oxygens (including phenoxy) is 1. The van der Waals surface area contributed by atoms with Crippen LogP contribution in [0.2, 0.25) is 0 Å². The molecule has 3 heteroatoms. The normalized spacial score (nSPS) is 18.2. The minimum absolute atomic E-state index is 0.588. The predicted octanol–water partition coefficient (Wildman–Crippen LogP) is 2.76. The lowest BCUT2D eigenvalue weighted by molar-refractivity contribution is 0.373. The maximum atomic E-state index is 5.12. The first kappa shape index (κ1) is 12.4. The van der Waals surface area contributed by atoms with Crippen molar-refractivity contribution in [3.05, 3.63) is 23.9 Å². The maximum Gasteiger partial charge on any atom is 0.213 e. The topological polar surface area (TPSA) is 34.1 Å². The molecule has 0 amide bonds.